The standard InChI is InChI=1S/C10H15NO2/c1-7-3-4-9(8(2)5-7)10(6-12)11-13/h3-5,10-13H,6H2,1-2H3. The van der Waals surface area contributed by atoms with Crippen LogP contribution in [0.25, 0.3) is 0 Å². The minimum Gasteiger partial charge on any atom is -0.394 e. The largest absolute Gasteiger partial charge is 0.394 e. The van der Waals surface area contributed by atoms with Gasteiger partial charge in [-0.05, 0) is 25.0 Å². The maximum atomic E-state index is 8.95. The van der Waals surface area contributed by atoms with Crippen molar-refractivity contribution in [1.29, 1.82) is 0 Å². The summed E-state index contributed by atoms with van der Waals surface area (Å²) in [5.41, 5.74) is 5.25. The van der Waals surface area contributed by atoms with E-state index in [0.717, 1.165) is 11.1 Å². The Morgan fingerprint density at radius 3 is 2.54 bits per heavy atom. The lowest BCUT2D eigenvalue weighted by atomic mass is 10.0. The molecule has 1 aromatic carbocycles. The number of nitrogens with one attached hydrogen (secondary N) is 1. The van der Waals surface area contributed by atoms with E-state index in [2.05, 4.69) is 5.48 Å². The van der Waals surface area contributed by atoms with Crippen molar-refractivity contribution in [2.24, 2.45) is 0 Å². The van der Waals surface area contributed by atoms with Gasteiger partial charge in [-0.1, -0.05) is 23.8 Å². The molecule has 1 aromatic rings. The molecule has 0 radical (unpaired) electrons. The maximum Gasteiger partial charge on any atom is 0.0802 e. The summed E-state index contributed by atoms with van der Waals surface area (Å²) in [6.45, 7) is 3.86. The molecule has 0 amide bonds. The van der Waals surface area contributed by atoms with Gasteiger partial charge >= 0.3 is 0 Å². The van der Waals surface area contributed by atoms with Crippen LogP contribution in [0.4, 0.5) is 0 Å². The van der Waals surface area contributed by atoms with Gasteiger partial charge in [-0.25, -0.2) is 0 Å². The number of rotatable bonds is 3. The SMILES string of the molecule is Cc1ccc(C(CO)NO)c(C)c1. The second-order valence-corrected chi connectivity index (χ2v) is 3.22. The fourth-order valence-corrected chi connectivity index (χ4v) is 1.43. The molecule has 0 aliphatic heterocycles. The highest BCUT2D eigenvalue weighted by Crippen LogP contribution is 2.17. The summed E-state index contributed by atoms with van der Waals surface area (Å²) in [5, 5.41) is 17.7. The van der Waals surface area contributed by atoms with E-state index >= 15 is 0 Å². The minimum atomic E-state index is -0.388. The van der Waals surface area contributed by atoms with Gasteiger partial charge in [0, 0.05) is 0 Å². The summed E-state index contributed by atoms with van der Waals surface area (Å²) in [6, 6.07) is 5.51. The third kappa shape index (κ3) is 2.28. The third-order valence-corrected chi connectivity index (χ3v) is 2.14. The van der Waals surface area contributed by atoms with Crippen LogP contribution in [0.5, 0.6) is 0 Å². The zero-order valence-electron chi connectivity index (χ0n) is 7.91. The molecule has 0 aliphatic carbocycles. The summed E-state index contributed by atoms with van der Waals surface area (Å²) in [4.78, 5) is 0. The molecule has 0 heterocycles. The molecule has 3 nitrogen and oxygen atoms in total. The number of aliphatic hydroxyl groups excluding tert-OH is 1. The zero-order chi connectivity index (χ0) is 9.84. The molecule has 0 aromatic heterocycles. The Kier molecular flexibility index (Phi) is 3.42. The Hall–Kier alpha value is -0.900. The van der Waals surface area contributed by atoms with Crippen LogP contribution >= 0.6 is 0 Å². The molecule has 72 valence electrons. The predicted octanol–water partition coefficient (Wildman–Crippen LogP) is 1.32. The second kappa shape index (κ2) is 4.37. The van der Waals surface area contributed by atoms with E-state index in [1.165, 1.54) is 5.56 Å². The van der Waals surface area contributed by atoms with Crippen LogP contribution in [0.1, 0.15) is 22.7 Å². The number of hydroxylamine groups is 1. The highest BCUT2D eigenvalue weighted by atomic mass is 16.5. The molecule has 1 unspecified atom stereocenters. The first-order valence-corrected chi connectivity index (χ1v) is 4.26. The van der Waals surface area contributed by atoms with E-state index in [0.29, 0.717) is 0 Å². The lowest BCUT2D eigenvalue weighted by Gasteiger charge is -2.15. The molecule has 1 rings (SSSR count). The van der Waals surface area contributed by atoms with Crippen LogP contribution in [0.2, 0.25) is 0 Å². The van der Waals surface area contributed by atoms with Gasteiger partial charge in [0.2, 0.25) is 0 Å². The van der Waals surface area contributed by atoms with Gasteiger partial charge in [0.25, 0.3) is 0 Å². The van der Waals surface area contributed by atoms with Crippen molar-refractivity contribution in [3.8, 4) is 0 Å². The van der Waals surface area contributed by atoms with Crippen molar-refractivity contribution in [1.82, 2.24) is 5.48 Å². The molecule has 3 N–H and O–H groups in total. The van der Waals surface area contributed by atoms with Crippen LogP contribution in [0.3, 0.4) is 0 Å². The number of aryl methyl sites for hydroxylation is 2. The first-order chi connectivity index (χ1) is 6.19. The van der Waals surface area contributed by atoms with E-state index in [9.17, 15) is 0 Å². The van der Waals surface area contributed by atoms with Gasteiger partial charge in [0.05, 0.1) is 12.6 Å². The van der Waals surface area contributed by atoms with E-state index < -0.39 is 0 Å². The fourth-order valence-electron chi connectivity index (χ4n) is 1.43. The lowest BCUT2D eigenvalue weighted by molar-refractivity contribution is 0.0903. The predicted molar refractivity (Wildman–Crippen MR) is 50.7 cm³/mol. The Morgan fingerprint density at radius 1 is 1.38 bits per heavy atom. The Bertz CT molecular complexity index is 282. The first kappa shape index (κ1) is 10.2. The minimum absolute atomic E-state index is 0.111. The van der Waals surface area contributed by atoms with Crippen LogP contribution in [-0.2, 0) is 0 Å². The molecule has 0 spiro atoms. The highest BCUT2D eigenvalue weighted by Gasteiger charge is 2.10. The second-order valence-electron chi connectivity index (χ2n) is 3.22. The molecule has 3 heteroatoms. The molecule has 0 saturated heterocycles. The highest BCUT2D eigenvalue weighted by molar-refractivity contribution is 5.32. The summed E-state index contributed by atoms with van der Waals surface area (Å²) < 4.78 is 0. The molecular weight excluding hydrogens is 166 g/mol. The quantitative estimate of drug-likeness (QED) is 0.616. The molecular formula is C10H15NO2. The average Bonchev–Trinajstić information content (AvgIpc) is 2.10. The van der Waals surface area contributed by atoms with E-state index in [1.54, 1.807) is 0 Å². The van der Waals surface area contributed by atoms with E-state index in [-0.39, 0.29) is 12.6 Å². The average molecular weight is 181 g/mol. The molecule has 13 heavy (non-hydrogen) atoms. The molecule has 0 fully saturated rings. The summed E-state index contributed by atoms with van der Waals surface area (Å²) >= 11 is 0. The number of hydrogen-bond acceptors (Lipinski definition) is 3. The molecule has 0 saturated carbocycles. The van der Waals surface area contributed by atoms with Gasteiger partial charge in [-0.2, -0.15) is 5.48 Å². The number of aliphatic hydroxyl groups is 1. The normalized spacial score (nSPS) is 12.9. The summed E-state index contributed by atoms with van der Waals surface area (Å²) in [7, 11) is 0. The van der Waals surface area contributed by atoms with E-state index in [1.807, 2.05) is 32.0 Å². The number of hydrogen-bond donors (Lipinski definition) is 3. The summed E-state index contributed by atoms with van der Waals surface area (Å²) in [6.07, 6.45) is 0. The molecule has 0 aliphatic rings. The Morgan fingerprint density at radius 2 is 2.08 bits per heavy atom. The van der Waals surface area contributed by atoms with Crippen LogP contribution in [0.15, 0.2) is 18.2 Å². The van der Waals surface area contributed by atoms with Gasteiger partial charge in [-0.3, -0.25) is 0 Å². The van der Waals surface area contributed by atoms with Crippen molar-refractivity contribution < 1.29 is 10.3 Å². The zero-order valence-corrected chi connectivity index (χ0v) is 7.91. The number of benzene rings is 1. The van der Waals surface area contributed by atoms with Gasteiger partial charge in [-0.15, -0.1) is 0 Å². The third-order valence-electron chi connectivity index (χ3n) is 2.14. The van der Waals surface area contributed by atoms with Crippen molar-refractivity contribution in [3.63, 3.8) is 0 Å². The lowest BCUT2D eigenvalue weighted by Crippen LogP contribution is -2.21. The van der Waals surface area contributed by atoms with Gasteiger partial charge in [0.15, 0.2) is 0 Å². The van der Waals surface area contributed by atoms with Crippen LogP contribution < -0.4 is 5.48 Å². The monoisotopic (exact) mass is 181 g/mol. The topological polar surface area (TPSA) is 52.5 Å². The molecule has 1 atom stereocenters. The smallest absolute Gasteiger partial charge is 0.0802 e. The summed E-state index contributed by atoms with van der Waals surface area (Å²) in [5.74, 6) is 0. The van der Waals surface area contributed by atoms with Gasteiger partial charge in [0.1, 0.15) is 0 Å². The Labute approximate surface area is 78.0 Å². The van der Waals surface area contributed by atoms with Crippen LogP contribution in [0, 0.1) is 13.8 Å². The van der Waals surface area contributed by atoms with Crippen molar-refractivity contribution in [2.75, 3.05) is 6.61 Å². The van der Waals surface area contributed by atoms with E-state index in [4.69, 9.17) is 10.3 Å². The maximum absolute atomic E-state index is 8.95. The fraction of sp³-hybridized carbons (Fsp3) is 0.400. The van der Waals surface area contributed by atoms with Crippen molar-refractivity contribution in [3.05, 3.63) is 34.9 Å². The van der Waals surface area contributed by atoms with Gasteiger partial charge < -0.3 is 10.3 Å². The molecule has 0 bridgehead atoms. The van der Waals surface area contributed by atoms with Crippen molar-refractivity contribution >= 4 is 0 Å². The van der Waals surface area contributed by atoms with Crippen LogP contribution in [-0.4, -0.2) is 16.9 Å². The Balaban J connectivity index is 2.99. The van der Waals surface area contributed by atoms with Crippen molar-refractivity contribution in [2.45, 2.75) is 19.9 Å². The first-order valence-electron chi connectivity index (χ1n) is 4.26.